The molecule has 0 saturated heterocycles. The van der Waals surface area contributed by atoms with Crippen LogP contribution in [-0.2, 0) is 14.8 Å². The zero-order chi connectivity index (χ0) is 19.0. The largest absolute Gasteiger partial charge is 0.384 e. The van der Waals surface area contributed by atoms with E-state index in [9.17, 15) is 13.2 Å². The summed E-state index contributed by atoms with van der Waals surface area (Å²) in [4.78, 5) is 12.3. The highest BCUT2D eigenvalue weighted by Gasteiger charge is 2.23. The lowest BCUT2D eigenvalue weighted by Gasteiger charge is -2.20. The summed E-state index contributed by atoms with van der Waals surface area (Å²) in [6.07, 6.45) is 0.857. The van der Waals surface area contributed by atoms with Gasteiger partial charge in [-0.25, -0.2) is 8.42 Å². The van der Waals surface area contributed by atoms with Gasteiger partial charge in [-0.2, -0.15) is 4.31 Å². The van der Waals surface area contributed by atoms with Crippen molar-refractivity contribution in [2.24, 2.45) is 5.73 Å². The van der Waals surface area contributed by atoms with Gasteiger partial charge in [0.05, 0.1) is 16.3 Å². The van der Waals surface area contributed by atoms with Crippen LogP contribution in [0.5, 0.6) is 0 Å². The molecule has 0 radical (unpaired) electrons. The molecule has 8 heteroatoms. The van der Waals surface area contributed by atoms with Gasteiger partial charge in [0, 0.05) is 32.1 Å². The third-order valence-electron chi connectivity index (χ3n) is 3.80. The summed E-state index contributed by atoms with van der Waals surface area (Å²) in [6, 6.07) is 4.69. The number of rotatable bonds is 10. The summed E-state index contributed by atoms with van der Waals surface area (Å²) in [7, 11) is -3.58. The Labute approximate surface area is 151 Å². The fourth-order valence-electron chi connectivity index (χ4n) is 2.42. The number of hydrogen-bond donors (Lipinski definition) is 3. The van der Waals surface area contributed by atoms with Crippen LogP contribution in [0.1, 0.15) is 40.5 Å². The van der Waals surface area contributed by atoms with Crippen molar-refractivity contribution >= 4 is 27.3 Å². The number of hydrogen-bond acceptors (Lipinski definition) is 5. The van der Waals surface area contributed by atoms with Crippen molar-refractivity contribution in [1.82, 2.24) is 4.31 Å². The molecule has 0 aromatic heterocycles. The molecule has 142 valence electrons. The molecule has 1 unspecified atom stereocenters. The van der Waals surface area contributed by atoms with Crippen LogP contribution in [0.2, 0.25) is 0 Å². The van der Waals surface area contributed by atoms with E-state index in [1.54, 1.807) is 26.0 Å². The van der Waals surface area contributed by atoms with Crippen molar-refractivity contribution < 1.29 is 13.2 Å². The fourth-order valence-corrected chi connectivity index (χ4v) is 3.90. The summed E-state index contributed by atoms with van der Waals surface area (Å²) >= 11 is 0. The number of sulfonamides is 1. The van der Waals surface area contributed by atoms with Crippen molar-refractivity contribution in [3.8, 4) is 0 Å². The maximum atomic E-state index is 12.7. The number of nitrogens with zero attached hydrogens (tertiary/aromatic N) is 1. The van der Waals surface area contributed by atoms with Crippen molar-refractivity contribution in [3.63, 3.8) is 0 Å². The Balaban J connectivity index is 3.15. The average molecular weight is 371 g/mol. The topological polar surface area (TPSA) is 105 Å². The number of carbonyl (C=O) groups is 1. The molecule has 0 heterocycles. The highest BCUT2D eigenvalue weighted by Crippen LogP contribution is 2.27. The molecule has 25 heavy (non-hydrogen) atoms. The van der Waals surface area contributed by atoms with Crippen molar-refractivity contribution in [2.45, 2.75) is 51.5 Å². The molecule has 7 nitrogen and oxygen atoms in total. The lowest BCUT2D eigenvalue weighted by atomic mass is 10.2. The van der Waals surface area contributed by atoms with Crippen LogP contribution in [0.4, 0.5) is 11.4 Å². The van der Waals surface area contributed by atoms with Crippen LogP contribution in [0.3, 0.4) is 0 Å². The van der Waals surface area contributed by atoms with E-state index in [0.717, 1.165) is 0 Å². The quantitative estimate of drug-likeness (QED) is 0.586. The maximum absolute atomic E-state index is 12.7. The van der Waals surface area contributed by atoms with E-state index in [1.165, 1.54) is 10.4 Å². The summed E-state index contributed by atoms with van der Waals surface area (Å²) in [5.41, 5.74) is 6.83. The van der Waals surface area contributed by atoms with Crippen molar-refractivity contribution in [1.29, 1.82) is 0 Å². The van der Waals surface area contributed by atoms with Gasteiger partial charge >= 0.3 is 0 Å². The van der Waals surface area contributed by atoms with Gasteiger partial charge in [0.1, 0.15) is 0 Å². The monoisotopic (exact) mass is 370 g/mol. The van der Waals surface area contributed by atoms with E-state index in [1.807, 2.05) is 13.8 Å². The number of nitrogens with two attached hydrogens (primary N) is 1. The van der Waals surface area contributed by atoms with E-state index in [0.29, 0.717) is 37.4 Å². The van der Waals surface area contributed by atoms with Crippen molar-refractivity contribution in [2.75, 3.05) is 30.3 Å². The predicted molar refractivity (Wildman–Crippen MR) is 102 cm³/mol. The van der Waals surface area contributed by atoms with Crippen LogP contribution >= 0.6 is 0 Å². The molecule has 1 aromatic rings. The van der Waals surface area contributed by atoms with Gasteiger partial charge in [0.2, 0.25) is 15.9 Å². The predicted octanol–water partition coefficient (Wildman–Crippen LogP) is 2.21. The normalized spacial score (nSPS) is 12.9. The van der Waals surface area contributed by atoms with Crippen LogP contribution in [0.15, 0.2) is 23.1 Å². The second-order valence-electron chi connectivity index (χ2n) is 5.89. The van der Waals surface area contributed by atoms with Crippen LogP contribution < -0.4 is 16.4 Å². The first kappa shape index (κ1) is 21.4. The second kappa shape index (κ2) is 9.74. The molecule has 0 aliphatic carbocycles. The van der Waals surface area contributed by atoms with E-state index >= 15 is 0 Å². The molecule has 0 aliphatic heterocycles. The van der Waals surface area contributed by atoms with Crippen molar-refractivity contribution in [3.05, 3.63) is 18.2 Å². The summed E-state index contributed by atoms with van der Waals surface area (Å²) < 4.78 is 26.8. The van der Waals surface area contributed by atoms with Gasteiger partial charge in [-0.05, 0) is 38.5 Å². The van der Waals surface area contributed by atoms with Gasteiger partial charge in [-0.15, -0.1) is 0 Å². The van der Waals surface area contributed by atoms with Gasteiger partial charge in [-0.3, -0.25) is 4.79 Å². The van der Waals surface area contributed by atoms with E-state index in [-0.39, 0.29) is 23.3 Å². The Hall–Kier alpha value is -1.64. The maximum Gasteiger partial charge on any atom is 0.243 e. The number of carbonyl (C=O) groups excluding carboxylic acids is 1. The van der Waals surface area contributed by atoms with Crippen LogP contribution in [-0.4, -0.2) is 44.3 Å². The van der Waals surface area contributed by atoms with Gasteiger partial charge < -0.3 is 16.4 Å². The third-order valence-corrected chi connectivity index (χ3v) is 5.85. The molecule has 1 atom stereocenters. The molecule has 0 fully saturated rings. The Kier molecular flexibility index (Phi) is 8.34. The Bertz CT molecular complexity index is 670. The Morgan fingerprint density at radius 2 is 1.84 bits per heavy atom. The van der Waals surface area contributed by atoms with Gasteiger partial charge in [0.25, 0.3) is 0 Å². The smallest absolute Gasteiger partial charge is 0.243 e. The molecule has 0 bridgehead atoms. The molecule has 0 saturated carbocycles. The highest BCUT2D eigenvalue weighted by molar-refractivity contribution is 7.89. The van der Waals surface area contributed by atoms with E-state index in [4.69, 9.17) is 5.73 Å². The zero-order valence-corrected chi connectivity index (χ0v) is 16.3. The molecule has 4 N–H and O–H groups in total. The first-order valence-corrected chi connectivity index (χ1v) is 10.1. The second-order valence-corrected chi connectivity index (χ2v) is 7.83. The zero-order valence-electron chi connectivity index (χ0n) is 15.5. The number of nitrogens with one attached hydrogen (secondary N) is 2. The molecule has 1 aromatic carbocycles. The van der Waals surface area contributed by atoms with E-state index < -0.39 is 10.0 Å². The third kappa shape index (κ3) is 5.98. The lowest BCUT2D eigenvalue weighted by Crippen LogP contribution is -2.30. The Morgan fingerprint density at radius 3 is 2.36 bits per heavy atom. The fraction of sp³-hybridized carbons (Fsp3) is 0.588. The summed E-state index contributed by atoms with van der Waals surface area (Å²) in [5.74, 6) is -0.186. The minimum atomic E-state index is -3.58. The molecule has 1 rings (SSSR count). The average Bonchev–Trinajstić information content (AvgIpc) is 2.55. The molecule has 0 aliphatic rings. The lowest BCUT2D eigenvalue weighted by molar-refractivity contribution is -0.116. The Morgan fingerprint density at radius 1 is 1.20 bits per heavy atom. The van der Waals surface area contributed by atoms with E-state index in [2.05, 4.69) is 10.6 Å². The SMILES string of the molecule is CCNc1ccc(S(=O)(=O)N(CC)CC)cc1NC(=O)CCC(C)N. The molecular formula is C17H30N4O3S. The van der Waals surface area contributed by atoms with Crippen LogP contribution in [0, 0.1) is 0 Å². The summed E-state index contributed by atoms with van der Waals surface area (Å²) in [6.45, 7) is 8.81. The first-order valence-electron chi connectivity index (χ1n) is 8.69. The number of amides is 1. The van der Waals surface area contributed by atoms with Gasteiger partial charge in [-0.1, -0.05) is 13.8 Å². The molecule has 1 amide bonds. The molecule has 0 spiro atoms. The highest BCUT2D eigenvalue weighted by atomic mass is 32.2. The first-order chi connectivity index (χ1) is 11.8. The minimum Gasteiger partial charge on any atom is -0.384 e. The summed E-state index contributed by atoms with van der Waals surface area (Å²) in [5, 5.41) is 5.93. The van der Waals surface area contributed by atoms with Crippen LogP contribution in [0.25, 0.3) is 0 Å². The molecular weight excluding hydrogens is 340 g/mol. The number of benzene rings is 1. The minimum absolute atomic E-state index is 0.0617. The standard InChI is InChI=1S/C17H30N4O3S/c1-5-19-15-10-9-14(25(23,24)21(6-2)7-3)12-16(15)20-17(22)11-8-13(4)18/h9-10,12-13,19H,5-8,11,18H2,1-4H3,(H,20,22). The number of anilines is 2. The van der Waals surface area contributed by atoms with Gasteiger partial charge in [0.15, 0.2) is 0 Å².